The van der Waals surface area contributed by atoms with Crippen molar-refractivity contribution in [2.75, 3.05) is 0 Å². The van der Waals surface area contributed by atoms with Crippen molar-refractivity contribution >= 4 is 11.0 Å². The minimum absolute atomic E-state index is 0.630. The van der Waals surface area contributed by atoms with Crippen LogP contribution in [0.4, 0.5) is 0 Å². The van der Waals surface area contributed by atoms with Gasteiger partial charge in [-0.25, -0.2) is 0 Å². The minimum atomic E-state index is 0.630. The van der Waals surface area contributed by atoms with Crippen molar-refractivity contribution in [2.24, 2.45) is 0 Å². The van der Waals surface area contributed by atoms with Crippen molar-refractivity contribution in [3.8, 4) is 6.07 Å². The van der Waals surface area contributed by atoms with Crippen LogP contribution in [-0.2, 0) is 19.4 Å². The van der Waals surface area contributed by atoms with Gasteiger partial charge in [-0.3, -0.25) is 0 Å². The highest BCUT2D eigenvalue weighted by Gasteiger charge is 2.13. The van der Waals surface area contributed by atoms with Gasteiger partial charge in [0.2, 0.25) is 0 Å². The Balaban J connectivity index is 1.65. The summed E-state index contributed by atoms with van der Waals surface area (Å²) in [5.41, 5.74) is 6.61. The first kappa shape index (κ1) is 13.0. The maximum atomic E-state index is 8.84. The van der Waals surface area contributed by atoms with Gasteiger partial charge in [-0.2, -0.15) is 20.3 Å². The number of hydrogen-bond donors (Lipinski definition) is 0. The topological polar surface area (TPSA) is 54.5 Å². The molecule has 0 saturated carbocycles. The molecule has 1 heterocycles. The van der Waals surface area contributed by atoms with E-state index >= 15 is 0 Å². The summed E-state index contributed by atoms with van der Waals surface area (Å²) < 4.78 is 0. The van der Waals surface area contributed by atoms with Gasteiger partial charge < -0.3 is 0 Å². The van der Waals surface area contributed by atoms with Gasteiger partial charge in [0.1, 0.15) is 11.0 Å². The molecule has 4 rings (SSSR count). The van der Waals surface area contributed by atoms with Crippen molar-refractivity contribution in [3.63, 3.8) is 0 Å². The number of nitriles is 1. The molecule has 22 heavy (non-hydrogen) atoms. The normalized spacial score (nSPS) is 13.8. The summed E-state index contributed by atoms with van der Waals surface area (Å²) >= 11 is 0. The number of aryl methyl sites for hydroxylation is 2. The Labute approximate surface area is 129 Å². The summed E-state index contributed by atoms with van der Waals surface area (Å²) in [6.07, 6.45) is 4.87. The molecule has 2 aromatic carbocycles. The van der Waals surface area contributed by atoms with E-state index in [0.29, 0.717) is 12.1 Å². The van der Waals surface area contributed by atoms with Gasteiger partial charge in [0.05, 0.1) is 18.2 Å². The van der Waals surface area contributed by atoms with Crippen LogP contribution in [0.2, 0.25) is 0 Å². The van der Waals surface area contributed by atoms with E-state index in [-0.39, 0.29) is 0 Å². The molecule has 1 aliphatic carbocycles. The van der Waals surface area contributed by atoms with Crippen LogP contribution in [0.25, 0.3) is 11.0 Å². The van der Waals surface area contributed by atoms with Crippen LogP contribution in [-0.4, -0.2) is 15.0 Å². The van der Waals surface area contributed by atoms with Gasteiger partial charge in [0.15, 0.2) is 0 Å². The molecular weight excluding hydrogens is 272 g/mol. The van der Waals surface area contributed by atoms with Crippen LogP contribution >= 0.6 is 0 Å². The van der Waals surface area contributed by atoms with Crippen LogP contribution in [0, 0.1) is 11.3 Å². The van der Waals surface area contributed by atoms with E-state index in [1.165, 1.54) is 24.0 Å². The first-order chi connectivity index (χ1) is 10.8. The Bertz CT molecular complexity index is 825. The second-order valence-electron chi connectivity index (χ2n) is 5.86. The molecule has 0 unspecified atom stereocenters. The number of rotatable bonds is 2. The highest BCUT2D eigenvalue weighted by molar-refractivity contribution is 5.76. The van der Waals surface area contributed by atoms with Crippen LogP contribution in [0.1, 0.15) is 35.1 Å². The molecule has 0 amide bonds. The Morgan fingerprint density at radius 1 is 0.955 bits per heavy atom. The average Bonchev–Trinajstić information content (AvgIpc) is 2.94. The molecule has 0 N–H and O–H groups in total. The summed E-state index contributed by atoms with van der Waals surface area (Å²) in [4.78, 5) is 1.75. The van der Waals surface area contributed by atoms with Gasteiger partial charge in [-0.05, 0) is 66.6 Å². The highest BCUT2D eigenvalue weighted by Crippen LogP contribution is 2.25. The quantitative estimate of drug-likeness (QED) is 0.727. The fourth-order valence-electron chi connectivity index (χ4n) is 3.11. The van der Waals surface area contributed by atoms with E-state index in [1.807, 2.05) is 24.3 Å². The van der Waals surface area contributed by atoms with Gasteiger partial charge >= 0.3 is 0 Å². The highest BCUT2D eigenvalue weighted by atomic mass is 15.5. The first-order valence-corrected chi connectivity index (χ1v) is 7.67. The molecule has 4 heteroatoms. The second kappa shape index (κ2) is 5.27. The number of nitrogens with zero attached hydrogens (tertiary/aromatic N) is 4. The number of hydrogen-bond acceptors (Lipinski definition) is 3. The maximum Gasteiger partial charge on any atom is 0.113 e. The minimum Gasteiger partial charge on any atom is -0.192 e. The van der Waals surface area contributed by atoms with Crippen molar-refractivity contribution in [3.05, 3.63) is 58.7 Å². The van der Waals surface area contributed by atoms with Crippen molar-refractivity contribution < 1.29 is 0 Å². The summed E-state index contributed by atoms with van der Waals surface area (Å²) in [7, 11) is 0. The zero-order valence-electron chi connectivity index (χ0n) is 12.3. The standard InChI is InChI=1S/C18H16N4/c19-11-13-5-7-14(8-6-13)12-22-20-17-9-15-3-1-2-4-16(15)10-18(17)21-22/h5-10H,1-4,12H2. The summed E-state index contributed by atoms with van der Waals surface area (Å²) in [5, 5.41) is 18.0. The van der Waals surface area contributed by atoms with Crippen molar-refractivity contribution in [1.29, 1.82) is 5.26 Å². The summed E-state index contributed by atoms with van der Waals surface area (Å²) in [5.74, 6) is 0. The van der Waals surface area contributed by atoms with Crippen LogP contribution in [0.5, 0.6) is 0 Å². The molecular formula is C18H16N4. The Morgan fingerprint density at radius 2 is 1.55 bits per heavy atom. The Morgan fingerprint density at radius 3 is 2.09 bits per heavy atom. The predicted molar refractivity (Wildman–Crippen MR) is 84.4 cm³/mol. The second-order valence-corrected chi connectivity index (χ2v) is 5.86. The van der Waals surface area contributed by atoms with E-state index in [9.17, 15) is 0 Å². The van der Waals surface area contributed by atoms with E-state index in [2.05, 4.69) is 28.4 Å². The molecule has 0 radical (unpaired) electrons. The zero-order chi connectivity index (χ0) is 14.9. The van der Waals surface area contributed by atoms with Gasteiger partial charge in [0.25, 0.3) is 0 Å². The number of fused-ring (bicyclic) bond motifs is 2. The lowest BCUT2D eigenvalue weighted by Gasteiger charge is -2.14. The van der Waals surface area contributed by atoms with Gasteiger partial charge in [-0.1, -0.05) is 12.1 Å². The molecule has 108 valence electrons. The van der Waals surface area contributed by atoms with Crippen LogP contribution in [0.15, 0.2) is 36.4 Å². The third kappa shape index (κ3) is 2.35. The molecule has 0 saturated heterocycles. The summed E-state index contributed by atoms with van der Waals surface area (Å²) in [6.45, 7) is 0.630. The lowest BCUT2D eigenvalue weighted by Crippen LogP contribution is -2.03. The molecule has 3 aromatic rings. The summed E-state index contributed by atoms with van der Waals surface area (Å²) in [6, 6.07) is 14.1. The zero-order valence-corrected chi connectivity index (χ0v) is 12.3. The number of aromatic nitrogens is 3. The lowest BCUT2D eigenvalue weighted by atomic mass is 9.91. The molecule has 1 aromatic heterocycles. The molecule has 1 aliphatic rings. The fraction of sp³-hybridized carbons (Fsp3) is 0.278. The molecule has 0 fully saturated rings. The van der Waals surface area contributed by atoms with Crippen LogP contribution < -0.4 is 0 Å². The maximum absolute atomic E-state index is 8.84. The largest absolute Gasteiger partial charge is 0.192 e. The Hall–Kier alpha value is -2.67. The van der Waals surface area contributed by atoms with E-state index in [4.69, 9.17) is 5.26 Å². The third-order valence-corrected chi connectivity index (χ3v) is 4.29. The van der Waals surface area contributed by atoms with Crippen molar-refractivity contribution in [1.82, 2.24) is 15.0 Å². The number of benzene rings is 2. The molecule has 0 spiro atoms. The van der Waals surface area contributed by atoms with Gasteiger partial charge in [0, 0.05) is 0 Å². The molecule has 4 nitrogen and oxygen atoms in total. The monoisotopic (exact) mass is 288 g/mol. The van der Waals surface area contributed by atoms with Gasteiger partial charge in [-0.15, -0.1) is 0 Å². The molecule has 0 atom stereocenters. The first-order valence-electron chi connectivity index (χ1n) is 7.67. The Kier molecular flexibility index (Phi) is 3.12. The molecule has 0 bridgehead atoms. The van der Waals surface area contributed by atoms with Crippen LogP contribution in [0.3, 0.4) is 0 Å². The average molecular weight is 288 g/mol. The smallest absolute Gasteiger partial charge is 0.113 e. The van der Waals surface area contributed by atoms with E-state index in [0.717, 1.165) is 29.4 Å². The van der Waals surface area contributed by atoms with E-state index < -0.39 is 0 Å². The predicted octanol–water partition coefficient (Wildman–Crippen LogP) is 3.23. The van der Waals surface area contributed by atoms with E-state index in [1.54, 1.807) is 4.80 Å². The fourth-order valence-corrected chi connectivity index (χ4v) is 3.11. The lowest BCUT2D eigenvalue weighted by molar-refractivity contribution is 0.600. The third-order valence-electron chi connectivity index (χ3n) is 4.29. The van der Waals surface area contributed by atoms with Crippen molar-refractivity contribution in [2.45, 2.75) is 32.2 Å². The SMILES string of the molecule is N#Cc1ccc(Cn2nc3cc4c(cc3n2)CCCC4)cc1. The molecule has 0 aliphatic heterocycles.